The Morgan fingerprint density at radius 3 is 2.62 bits per heavy atom. The third-order valence-electron chi connectivity index (χ3n) is 2.90. The van der Waals surface area contributed by atoms with Crippen LogP contribution in [0.15, 0.2) is 46.0 Å². The van der Waals surface area contributed by atoms with Crippen LogP contribution in [0.5, 0.6) is 0 Å². The van der Waals surface area contributed by atoms with Crippen LogP contribution in [-0.2, 0) is 10.0 Å². The molecule has 0 aliphatic rings. The van der Waals surface area contributed by atoms with E-state index in [4.69, 9.17) is 0 Å². The van der Waals surface area contributed by atoms with Crippen molar-refractivity contribution in [2.24, 2.45) is 0 Å². The zero-order chi connectivity index (χ0) is 15.5. The number of hydrogen-bond donors (Lipinski definition) is 2. The first-order valence-electron chi connectivity index (χ1n) is 6.42. The molecule has 0 radical (unpaired) electrons. The van der Waals surface area contributed by atoms with Gasteiger partial charge < -0.3 is 5.32 Å². The summed E-state index contributed by atoms with van der Waals surface area (Å²) in [5, 5.41) is 2.99. The summed E-state index contributed by atoms with van der Waals surface area (Å²) in [7, 11) is -3.75. The van der Waals surface area contributed by atoms with Gasteiger partial charge in [0.25, 0.3) is 10.0 Å². The topological polar surface area (TPSA) is 71.1 Å². The number of rotatable bonds is 5. The molecule has 0 saturated heterocycles. The second-order valence-corrected chi connectivity index (χ2v) is 6.86. The molecule has 0 bridgehead atoms. The summed E-state index contributed by atoms with van der Waals surface area (Å²) in [6, 6.07) is 8.74. The molecule has 0 saturated carbocycles. The van der Waals surface area contributed by atoms with Gasteiger partial charge in [-0.3, -0.25) is 4.72 Å². The first-order valence-corrected chi connectivity index (χ1v) is 8.70. The zero-order valence-corrected chi connectivity index (χ0v) is 14.1. The molecular formula is C14H16BrN3O2S. The van der Waals surface area contributed by atoms with Crippen LogP contribution in [0.2, 0.25) is 0 Å². The maximum atomic E-state index is 12.5. The molecular weight excluding hydrogens is 354 g/mol. The molecule has 0 unspecified atom stereocenters. The molecule has 0 spiro atoms. The number of nitrogens with zero attached hydrogens (tertiary/aromatic N) is 1. The fourth-order valence-electron chi connectivity index (χ4n) is 1.84. The van der Waals surface area contributed by atoms with Crippen LogP contribution in [0.25, 0.3) is 0 Å². The Kier molecular flexibility index (Phi) is 4.84. The summed E-state index contributed by atoms with van der Waals surface area (Å²) in [6.07, 6.45) is 1.46. The molecule has 1 heterocycles. The zero-order valence-electron chi connectivity index (χ0n) is 11.7. The molecule has 0 fully saturated rings. The quantitative estimate of drug-likeness (QED) is 0.847. The van der Waals surface area contributed by atoms with Gasteiger partial charge in [-0.05, 0) is 43.7 Å². The summed E-state index contributed by atoms with van der Waals surface area (Å²) in [5.41, 5.74) is 1.83. The van der Waals surface area contributed by atoms with Gasteiger partial charge in [-0.15, -0.1) is 0 Å². The molecule has 5 nitrogen and oxygen atoms in total. The summed E-state index contributed by atoms with van der Waals surface area (Å²) in [4.78, 5) is 3.99. The number of anilines is 2. The Hall–Kier alpha value is -1.60. The van der Waals surface area contributed by atoms with E-state index in [0.29, 0.717) is 17.9 Å². The lowest BCUT2D eigenvalue weighted by molar-refractivity contribution is 0.598. The highest BCUT2D eigenvalue weighted by molar-refractivity contribution is 9.10. The van der Waals surface area contributed by atoms with Crippen LogP contribution < -0.4 is 10.0 Å². The van der Waals surface area contributed by atoms with Crippen molar-refractivity contribution >= 4 is 37.3 Å². The number of benzene rings is 1. The highest BCUT2D eigenvalue weighted by atomic mass is 79.9. The summed E-state index contributed by atoms with van der Waals surface area (Å²) < 4.78 is 28.5. The number of halogens is 1. The molecule has 21 heavy (non-hydrogen) atoms. The Balaban J connectivity index is 2.41. The van der Waals surface area contributed by atoms with Crippen LogP contribution in [-0.4, -0.2) is 19.9 Å². The normalized spacial score (nSPS) is 11.2. The van der Waals surface area contributed by atoms with Gasteiger partial charge in [-0.1, -0.05) is 22.0 Å². The fourth-order valence-corrected chi connectivity index (χ4v) is 3.44. The summed E-state index contributed by atoms with van der Waals surface area (Å²) >= 11 is 3.39. The third kappa shape index (κ3) is 3.54. The second kappa shape index (κ2) is 6.44. The van der Waals surface area contributed by atoms with E-state index in [9.17, 15) is 8.42 Å². The molecule has 7 heteroatoms. The predicted molar refractivity (Wildman–Crippen MR) is 88.1 cm³/mol. The van der Waals surface area contributed by atoms with Crippen LogP contribution in [0.1, 0.15) is 12.5 Å². The Morgan fingerprint density at radius 1 is 1.19 bits per heavy atom. The van der Waals surface area contributed by atoms with E-state index < -0.39 is 10.0 Å². The first kappa shape index (κ1) is 15.8. The Bertz CT molecular complexity index is 748. The molecule has 0 amide bonds. The van der Waals surface area contributed by atoms with Gasteiger partial charge >= 0.3 is 0 Å². The van der Waals surface area contributed by atoms with Gasteiger partial charge in [-0.25, -0.2) is 4.98 Å². The smallest absolute Gasteiger partial charge is 0.281 e. The van der Waals surface area contributed by atoms with Crippen molar-refractivity contribution in [1.29, 1.82) is 0 Å². The maximum absolute atomic E-state index is 12.5. The standard InChI is InChI=1S/C14H16BrN3O2S/c1-3-16-13-8-5-9-17-14(13)21(19,20)18-12-7-4-6-11(15)10(12)2/h4-9,16,18H,3H2,1-2H3. The van der Waals surface area contributed by atoms with E-state index in [2.05, 4.69) is 31.0 Å². The van der Waals surface area contributed by atoms with Gasteiger partial charge in [0.1, 0.15) is 0 Å². The van der Waals surface area contributed by atoms with Crippen molar-refractivity contribution in [3.63, 3.8) is 0 Å². The molecule has 112 valence electrons. The monoisotopic (exact) mass is 369 g/mol. The SMILES string of the molecule is CCNc1cccnc1S(=O)(=O)Nc1cccc(Br)c1C. The maximum Gasteiger partial charge on any atom is 0.281 e. The molecule has 1 aromatic carbocycles. The van der Waals surface area contributed by atoms with E-state index in [1.165, 1.54) is 6.20 Å². The molecule has 0 aliphatic carbocycles. The average molecular weight is 370 g/mol. The fraction of sp³-hybridized carbons (Fsp3) is 0.214. The number of sulfonamides is 1. The number of aromatic nitrogens is 1. The number of nitrogens with one attached hydrogen (secondary N) is 2. The number of pyridine rings is 1. The summed E-state index contributed by atoms with van der Waals surface area (Å²) in [5.74, 6) is 0. The van der Waals surface area contributed by atoms with Gasteiger partial charge in [0.05, 0.1) is 11.4 Å². The Labute approximate surface area is 133 Å². The third-order valence-corrected chi connectivity index (χ3v) is 5.09. The lowest BCUT2D eigenvalue weighted by atomic mass is 10.2. The van der Waals surface area contributed by atoms with Crippen molar-refractivity contribution in [2.45, 2.75) is 18.9 Å². The molecule has 2 N–H and O–H groups in total. The van der Waals surface area contributed by atoms with Crippen molar-refractivity contribution in [3.8, 4) is 0 Å². The minimum Gasteiger partial charge on any atom is -0.383 e. The molecule has 0 aliphatic heterocycles. The van der Waals surface area contributed by atoms with Crippen LogP contribution in [0.3, 0.4) is 0 Å². The number of hydrogen-bond acceptors (Lipinski definition) is 4. The molecule has 2 rings (SSSR count). The minimum atomic E-state index is -3.75. The van der Waals surface area contributed by atoms with E-state index >= 15 is 0 Å². The van der Waals surface area contributed by atoms with E-state index in [0.717, 1.165) is 10.0 Å². The van der Waals surface area contributed by atoms with Gasteiger partial charge in [0.2, 0.25) is 0 Å². The first-order chi connectivity index (χ1) is 9.95. The predicted octanol–water partition coefficient (Wildman–Crippen LogP) is 3.39. The van der Waals surface area contributed by atoms with E-state index in [-0.39, 0.29) is 5.03 Å². The lowest BCUT2D eigenvalue weighted by Crippen LogP contribution is -2.17. The Morgan fingerprint density at radius 2 is 1.90 bits per heavy atom. The van der Waals surface area contributed by atoms with E-state index in [1.54, 1.807) is 24.3 Å². The lowest BCUT2D eigenvalue weighted by Gasteiger charge is -2.13. The minimum absolute atomic E-state index is 0.00812. The van der Waals surface area contributed by atoms with Crippen molar-refractivity contribution in [2.75, 3.05) is 16.6 Å². The molecule has 0 atom stereocenters. The largest absolute Gasteiger partial charge is 0.383 e. The van der Waals surface area contributed by atoms with Crippen LogP contribution >= 0.6 is 15.9 Å². The highest BCUT2D eigenvalue weighted by Crippen LogP contribution is 2.27. The van der Waals surface area contributed by atoms with Gasteiger partial charge in [0.15, 0.2) is 5.03 Å². The van der Waals surface area contributed by atoms with Gasteiger partial charge in [-0.2, -0.15) is 8.42 Å². The molecule has 1 aromatic heterocycles. The summed E-state index contributed by atoms with van der Waals surface area (Å²) in [6.45, 7) is 4.35. The average Bonchev–Trinajstić information content (AvgIpc) is 2.44. The van der Waals surface area contributed by atoms with Crippen LogP contribution in [0, 0.1) is 6.92 Å². The van der Waals surface area contributed by atoms with E-state index in [1.807, 2.05) is 19.9 Å². The van der Waals surface area contributed by atoms with Gasteiger partial charge in [0, 0.05) is 17.2 Å². The highest BCUT2D eigenvalue weighted by Gasteiger charge is 2.21. The van der Waals surface area contributed by atoms with Crippen molar-refractivity contribution < 1.29 is 8.42 Å². The van der Waals surface area contributed by atoms with Crippen molar-refractivity contribution in [1.82, 2.24) is 4.98 Å². The van der Waals surface area contributed by atoms with Crippen molar-refractivity contribution in [3.05, 3.63) is 46.6 Å². The second-order valence-electron chi connectivity index (χ2n) is 4.40. The van der Waals surface area contributed by atoms with Crippen LogP contribution in [0.4, 0.5) is 11.4 Å². The molecule has 2 aromatic rings.